The number of rotatable bonds is 2. The van der Waals surface area contributed by atoms with E-state index >= 15 is 0 Å². The summed E-state index contributed by atoms with van der Waals surface area (Å²) in [5, 5.41) is 0. The van der Waals surface area contributed by atoms with Crippen molar-refractivity contribution >= 4 is 11.1 Å². The van der Waals surface area contributed by atoms with Crippen molar-refractivity contribution < 1.29 is 13.2 Å². The molecule has 0 saturated heterocycles. The molecule has 0 aliphatic rings. The molecular formula is C12H9FO2S. The molecule has 0 spiro atoms. The van der Waals surface area contributed by atoms with E-state index in [0.29, 0.717) is 11.1 Å². The maximum atomic E-state index is 13.5. The number of benzene rings is 2. The van der Waals surface area contributed by atoms with Crippen molar-refractivity contribution in [2.75, 3.05) is 0 Å². The smallest absolute Gasteiger partial charge is 0.186 e. The second-order valence-corrected chi connectivity index (χ2v) is 4.23. The Kier molecular flexibility index (Phi) is 3.12. The molecule has 0 aliphatic heterocycles. The van der Waals surface area contributed by atoms with Crippen molar-refractivity contribution in [3.05, 3.63) is 54.3 Å². The van der Waals surface area contributed by atoms with Crippen LogP contribution in [0.2, 0.25) is 0 Å². The van der Waals surface area contributed by atoms with Gasteiger partial charge in [0.05, 0.1) is 4.90 Å². The van der Waals surface area contributed by atoms with Crippen molar-refractivity contribution in [2.45, 2.75) is 4.90 Å². The van der Waals surface area contributed by atoms with Gasteiger partial charge in [0, 0.05) is 5.56 Å². The summed E-state index contributed by atoms with van der Waals surface area (Å²) in [6, 6.07) is 12.7. The van der Waals surface area contributed by atoms with Gasteiger partial charge < -0.3 is 4.55 Å². The molecule has 2 rings (SSSR count). The van der Waals surface area contributed by atoms with Crippen molar-refractivity contribution in [3.63, 3.8) is 0 Å². The van der Waals surface area contributed by atoms with Crippen LogP contribution < -0.4 is 0 Å². The third-order valence-electron chi connectivity index (χ3n) is 2.22. The quantitative estimate of drug-likeness (QED) is 0.813. The number of hydrogen-bond donors (Lipinski definition) is 1. The lowest BCUT2D eigenvalue weighted by atomic mass is 10.1. The summed E-state index contributed by atoms with van der Waals surface area (Å²) >= 11 is -2.04. The molecule has 2 aromatic carbocycles. The normalized spacial score (nSPS) is 12.4. The Hall–Kier alpha value is -1.52. The fraction of sp³-hybridized carbons (Fsp3) is 0. The van der Waals surface area contributed by atoms with Gasteiger partial charge >= 0.3 is 0 Å². The first-order valence-electron chi connectivity index (χ1n) is 4.64. The molecule has 82 valence electrons. The highest BCUT2D eigenvalue weighted by Crippen LogP contribution is 2.23. The van der Waals surface area contributed by atoms with Crippen molar-refractivity contribution in [1.29, 1.82) is 0 Å². The van der Waals surface area contributed by atoms with Gasteiger partial charge in [0.2, 0.25) is 0 Å². The summed E-state index contributed by atoms with van der Waals surface area (Å²) in [4.78, 5) is 0.265. The molecule has 2 nitrogen and oxygen atoms in total. The molecule has 1 N–H and O–H groups in total. The van der Waals surface area contributed by atoms with Crippen LogP contribution in [0.1, 0.15) is 0 Å². The van der Waals surface area contributed by atoms with E-state index < -0.39 is 11.1 Å². The van der Waals surface area contributed by atoms with Gasteiger partial charge in [0.25, 0.3) is 0 Å². The minimum atomic E-state index is -2.04. The van der Waals surface area contributed by atoms with E-state index in [1.54, 1.807) is 30.3 Å². The zero-order chi connectivity index (χ0) is 11.5. The lowest BCUT2D eigenvalue weighted by molar-refractivity contribution is 0.564. The molecule has 0 fully saturated rings. The summed E-state index contributed by atoms with van der Waals surface area (Å²) < 4.78 is 33.3. The highest BCUT2D eigenvalue weighted by atomic mass is 32.2. The number of halogens is 1. The Balaban J connectivity index is 2.53. The summed E-state index contributed by atoms with van der Waals surface area (Å²) in [5.74, 6) is -0.344. The summed E-state index contributed by atoms with van der Waals surface area (Å²) in [6.45, 7) is 0. The van der Waals surface area contributed by atoms with E-state index in [1.807, 2.05) is 0 Å². The molecule has 0 amide bonds. The lowest BCUT2D eigenvalue weighted by Gasteiger charge is -2.04. The van der Waals surface area contributed by atoms with E-state index in [2.05, 4.69) is 0 Å². The lowest BCUT2D eigenvalue weighted by Crippen LogP contribution is -1.89. The topological polar surface area (TPSA) is 37.3 Å². The van der Waals surface area contributed by atoms with Gasteiger partial charge in [-0.05, 0) is 23.8 Å². The van der Waals surface area contributed by atoms with Gasteiger partial charge in [-0.1, -0.05) is 30.3 Å². The van der Waals surface area contributed by atoms with E-state index in [0.717, 1.165) is 0 Å². The second kappa shape index (κ2) is 4.55. The van der Waals surface area contributed by atoms with E-state index in [9.17, 15) is 8.60 Å². The van der Waals surface area contributed by atoms with Crippen LogP contribution in [0, 0.1) is 5.82 Å². The molecule has 0 saturated carbocycles. The van der Waals surface area contributed by atoms with Gasteiger partial charge in [0.15, 0.2) is 11.1 Å². The largest absolute Gasteiger partial charge is 0.302 e. The third-order valence-corrected chi connectivity index (χ3v) is 2.88. The molecule has 0 bridgehead atoms. The van der Waals surface area contributed by atoms with Crippen molar-refractivity contribution in [2.24, 2.45) is 0 Å². The van der Waals surface area contributed by atoms with Crippen LogP contribution in [0.4, 0.5) is 4.39 Å². The summed E-state index contributed by atoms with van der Waals surface area (Å²) in [5.41, 5.74) is 1.02. The monoisotopic (exact) mass is 236 g/mol. The van der Waals surface area contributed by atoms with E-state index in [-0.39, 0.29) is 10.7 Å². The van der Waals surface area contributed by atoms with Crippen LogP contribution in [0.15, 0.2) is 53.4 Å². The Labute approximate surface area is 95.0 Å². The average molecular weight is 236 g/mol. The van der Waals surface area contributed by atoms with Gasteiger partial charge in [-0.25, -0.2) is 8.60 Å². The van der Waals surface area contributed by atoms with Crippen LogP contribution in [-0.2, 0) is 11.1 Å². The fourth-order valence-corrected chi connectivity index (χ4v) is 1.89. The van der Waals surface area contributed by atoms with Crippen molar-refractivity contribution in [3.8, 4) is 11.1 Å². The maximum Gasteiger partial charge on any atom is 0.186 e. The Morgan fingerprint density at radius 3 is 2.50 bits per heavy atom. The predicted octanol–water partition coefficient (Wildman–Crippen LogP) is 3.07. The minimum absolute atomic E-state index is 0.265. The first kappa shape index (κ1) is 11.0. The van der Waals surface area contributed by atoms with Gasteiger partial charge in [-0.15, -0.1) is 0 Å². The molecule has 1 atom stereocenters. The first-order chi connectivity index (χ1) is 7.68. The Bertz CT molecular complexity index is 540. The Morgan fingerprint density at radius 1 is 1.06 bits per heavy atom. The van der Waals surface area contributed by atoms with Crippen LogP contribution in [-0.4, -0.2) is 8.76 Å². The second-order valence-electron chi connectivity index (χ2n) is 3.26. The molecule has 0 heterocycles. The third kappa shape index (κ3) is 2.18. The average Bonchev–Trinajstić information content (AvgIpc) is 2.30. The van der Waals surface area contributed by atoms with Crippen LogP contribution in [0.5, 0.6) is 0 Å². The molecule has 0 aliphatic carbocycles. The fourth-order valence-electron chi connectivity index (χ4n) is 1.47. The van der Waals surface area contributed by atoms with Gasteiger partial charge in [-0.3, -0.25) is 0 Å². The first-order valence-corrected chi connectivity index (χ1v) is 5.75. The maximum absolute atomic E-state index is 13.5. The summed E-state index contributed by atoms with van der Waals surface area (Å²) in [7, 11) is 0. The molecule has 0 aromatic heterocycles. The van der Waals surface area contributed by atoms with Gasteiger partial charge in [0.1, 0.15) is 5.82 Å². The minimum Gasteiger partial charge on any atom is -0.302 e. The SMILES string of the molecule is O=S(O)c1cccc(-c2ccccc2F)c1. The van der Waals surface area contributed by atoms with Crippen LogP contribution in [0.3, 0.4) is 0 Å². The highest BCUT2D eigenvalue weighted by molar-refractivity contribution is 7.79. The standard InChI is InChI=1S/C12H9FO2S/c13-12-7-2-1-6-11(12)9-4-3-5-10(8-9)16(14)15/h1-8H,(H,14,15). The number of hydrogen-bond acceptors (Lipinski definition) is 1. The highest BCUT2D eigenvalue weighted by Gasteiger charge is 2.06. The molecule has 2 aromatic rings. The zero-order valence-electron chi connectivity index (χ0n) is 8.26. The summed E-state index contributed by atoms with van der Waals surface area (Å²) in [6.07, 6.45) is 0. The van der Waals surface area contributed by atoms with E-state index in [1.165, 1.54) is 18.2 Å². The Morgan fingerprint density at radius 2 is 1.81 bits per heavy atom. The molecule has 16 heavy (non-hydrogen) atoms. The zero-order valence-corrected chi connectivity index (χ0v) is 9.08. The van der Waals surface area contributed by atoms with Crippen LogP contribution >= 0.6 is 0 Å². The van der Waals surface area contributed by atoms with Crippen molar-refractivity contribution in [1.82, 2.24) is 0 Å². The molecular weight excluding hydrogens is 227 g/mol. The predicted molar refractivity (Wildman–Crippen MR) is 60.9 cm³/mol. The van der Waals surface area contributed by atoms with Crippen LogP contribution in [0.25, 0.3) is 11.1 Å². The molecule has 4 heteroatoms. The van der Waals surface area contributed by atoms with Gasteiger partial charge in [-0.2, -0.15) is 0 Å². The van der Waals surface area contributed by atoms with E-state index in [4.69, 9.17) is 4.55 Å². The molecule has 1 unspecified atom stereocenters. The molecule has 0 radical (unpaired) electrons.